The summed E-state index contributed by atoms with van der Waals surface area (Å²) in [5.74, 6) is 5.63. The average molecular weight is 360 g/mol. The second-order valence-electron chi connectivity index (χ2n) is 5.00. The average Bonchev–Trinajstić information content (AvgIpc) is 2.34. The van der Waals surface area contributed by atoms with Gasteiger partial charge in [0.25, 0.3) is 0 Å². The molecule has 1 heterocycles. The molecule has 0 fully saturated rings. The third-order valence-corrected chi connectivity index (χ3v) is 5.63. The van der Waals surface area contributed by atoms with Crippen molar-refractivity contribution >= 4 is 25.8 Å². The van der Waals surface area contributed by atoms with E-state index in [1.54, 1.807) is 27.2 Å². The van der Waals surface area contributed by atoms with Crippen molar-refractivity contribution in [1.29, 1.82) is 0 Å². The number of aromatic nitrogens is 1. The molecule has 1 atom stereocenters. The van der Waals surface area contributed by atoms with Crippen molar-refractivity contribution in [3.05, 3.63) is 28.0 Å². The van der Waals surface area contributed by atoms with Crippen molar-refractivity contribution < 1.29 is 13.2 Å². The van der Waals surface area contributed by atoms with Crippen molar-refractivity contribution in [2.75, 3.05) is 13.4 Å². The Labute approximate surface area is 129 Å². The summed E-state index contributed by atoms with van der Waals surface area (Å²) in [5.41, 5.74) is 1.43. The third-order valence-electron chi connectivity index (χ3n) is 3.04. The van der Waals surface area contributed by atoms with Gasteiger partial charge in [-0.2, -0.15) is 0 Å². The Morgan fingerprint density at radius 3 is 2.50 bits per heavy atom. The van der Waals surface area contributed by atoms with Crippen molar-refractivity contribution in [3.8, 4) is 11.8 Å². The zero-order chi connectivity index (χ0) is 15.6. The molecule has 0 spiro atoms. The first-order chi connectivity index (χ1) is 9.08. The van der Waals surface area contributed by atoms with Crippen LogP contribution in [0.15, 0.2) is 16.7 Å². The largest absolute Gasteiger partial charge is 0.375 e. The van der Waals surface area contributed by atoms with Gasteiger partial charge in [0.2, 0.25) is 0 Å². The van der Waals surface area contributed by atoms with E-state index < -0.39 is 14.6 Å². The summed E-state index contributed by atoms with van der Waals surface area (Å²) in [6.07, 6.45) is 2.67. The molecule has 0 radical (unpaired) electrons. The third kappa shape index (κ3) is 4.05. The van der Waals surface area contributed by atoms with E-state index in [0.717, 1.165) is 10.2 Å². The molecule has 1 aromatic rings. The number of ether oxygens (including phenoxy) is 1. The monoisotopic (exact) mass is 359 g/mol. The molecule has 1 rings (SSSR count). The molecule has 110 valence electrons. The molecular weight excluding hydrogens is 342 g/mol. The van der Waals surface area contributed by atoms with E-state index in [0.29, 0.717) is 5.56 Å². The molecule has 20 heavy (non-hydrogen) atoms. The van der Waals surface area contributed by atoms with Crippen LogP contribution in [0.25, 0.3) is 0 Å². The number of hydrogen-bond acceptors (Lipinski definition) is 4. The number of pyridine rings is 1. The minimum Gasteiger partial charge on any atom is -0.375 e. The number of rotatable bonds is 3. The van der Waals surface area contributed by atoms with Crippen LogP contribution in [-0.4, -0.2) is 31.5 Å². The highest BCUT2D eigenvalue weighted by molar-refractivity contribution is 9.10. The van der Waals surface area contributed by atoms with Crippen LogP contribution < -0.4 is 0 Å². The molecule has 0 aromatic carbocycles. The first kappa shape index (κ1) is 17.2. The van der Waals surface area contributed by atoms with E-state index >= 15 is 0 Å². The second kappa shape index (κ2) is 6.25. The summed E-state index contributed by atoms with van der Waals surface area (Å²) in [6.45, 7) is 5.06. The summed E-state index contributed by atoms with van der Waals surface area (Å²) in [4.78, 5) is 4.29. The van der Waals surface area contributed by atoms with Gasteiger partial charge in [0, 0.05) is 29.6 Å². The maximum absolute atomic E-state index is 11.6. The fraction of sp³-hybridized carbons (Fsp3) is 0.500. The van der Waals surface area contributed by atoms with E-state index in [2.05, 4.69) is 32.8 Å². The number of halogens is 1. The van der Waals surface area contributed by atoms with Gasteiger partial charge in [-0.3, -0.25) is 4.98 Å². The molecule has 0 aliphatic rings. The molecule has 0 amide bonds. The van der Waals surface area contributed by atoms with Crippen LogP contribution >= 0.6 is 15.9 Å². The summed E-state index contributed by atoms with van der Waals surface area (Å²) in [6, 6.07) is 1.81. The van der Waals surface area contributed by atoms with E-state index in [4.69, 9.17) is 4.74 Å². The van der Waals surface area contributed by atoms with Crippen LogP contribution in [0.2, 0.25) is 0 Å². The van der Waals surface area contributed by atoms with Crippen molar-refractivity contribution in [2.24, 2.45) is 0 Å². The fourth-order valence-corrected chi connectivity index (χ4v) is 2.15. The van der Waals surface area contributed by atoms with Gasteiger partial charge in [-0.1, -0.05) is 11.8 Å². The van der Waals surface area contributed by atoms with Gasteiger partial charge in [0.1, 0.15) is 4.75 Å². The maximum atomic E-state index is 11.6. The highest BCUT2D eigenvalue weighted by atomic mass is 79.9. The highest BCUT2D eigenvalue weighted by Gasteiger charge is 2.27. The Balaban J connectivity index is 3.12. The van der Waals surface area contributed by atoms with E-state index in [-0.39, 0.29) is 6.10 Å². The Hall–Kier alpha value is -0.900. The smallest absolute Gasteiger partial charge is 0.163 e. The van der Waals surface area contributed by atoms with Gasteiger partial charge in [-0.15, -0.1) is 0 Å². The second-order valence-corrected chi connectivity index (χ2v) is 8.42. The number of methoxy groups -OCH3 is 1. The summed E-state index contributed by atoms with van der Waals surface area (Å²) >= 11 is 3.42. The predicted molar refractivity (Wildman–Crippen MR) is 83.2 cm³/mol. The zero-order valence-corrected chi connectivity index (χ0v) is 14.6. The molecule has 0 bridgehead atoms. The van der Waals surface area contributed by atoms with Crippen LogP contribution in [-0.2, 0) is 14.6 Å². The van der Waals surface area contributed by atoms with Gasteiger partial charge < -0.3 is 4.74 Å². The first-order valence-electron chi connectivity index (χ1n) is 5.99. The van der Waals surface area contributed by atoms with E-state index in [1.165, 1.54) is 6.26 Å². The SMILES string of the molecule is CO[C@@H](C)c1ncc(C#CC(C)(C)S(C)(=O)=O)cc1Br. The standard InChI is InChI=1S/C14H18BrNO3S/c1-10(19-4)13-12(15)8-11(9-16-13)6-7-14(2,3)20(5,17)18/h8-10H,1-5H3/t10-/m0/s1. The van der Waals surface area contributed by atoms with Crippen molar-refractivity contribution in [3.63, 3.8) is 0 Å². The lowest BCUT2D eigenvalue weighted by Gasteiger charge is -2.14. The number of nitrogens with zero attached hydrogens (tertiary/aromatic N) is 1. The molecule has 1 aromatic heterocycles. The van der Waals surface area contributed by atoms with Gasteiger partial charge in [-0.05, 0) is 42.8 Å². The summed E-state index contributed by atoms with van der Waals surface area (Å²) < 4.78 is 28.1. The lowest BCUT2D eigenvalue weighted by molar-refractivity contribution is 0.115. The molecule has 0 saturated heterocycles. The fourth-order valence-electron chi connectivity index (χ4n) is 1.24. The normalized spacial score (nSPS) is 13.5. The molecule has 0 aliphatic heterocycles. The van der Waals surface area contributed by atoms with E-state index in [1.807, 2.05) is 13.0 Å². The van der Waals surface area contributed by atoms with Gasteiger partial charge >= 0.3 is 0 Å². The summed E-state index contributed by atoms with van der Waals surface area (Å²) in [7, 11) is -1.62. The summed E-state index contributed by atoms with van der Waals surface area (Å²) in [5, 5.41) is 0. The highest BCUT2D eigenvalue weighted by Crippen LogP contribution is 2.24. The minimum absolute atomic E-state index is 0.126. The van der Waals surface area contributed by atoms with Crippen molar-refractivity contribution in [1.82, 2.24) is 4.98 Å². The Kier molecular flexibility index (Phi) is 5.36. The van der Waals surface area contributed by atoms with Crippen LogP contribution in [0, 0.1) is 11.8 Å². The van der Waals surface area contributed by atoms with Gasteiger partial charge in [-0.25, -0.2) is 8.42 Å². The minimum atomic E-state index is -3.23. The quantitative estimate of drug-likeness (QED) is 0.778. The Morgan fingerprint density at radius 1 is 1.45 bits per heavy atom. The molecular formula is C14H18BrNO3S. The van der Waals surface area contributed by atoms with Crippen LogP contribution in [0.1, 0.15) is 38.1 Å². The number of hydrogen-bond donors (Lipinski definition) is 0. The Morgan fingerprint density at radius 2 is 2.05 bits per heavy atom. The van der Waals surface area contributed by atoms with Crippen LogP contribution in [0.3, 0.4) is 0 Å². The molecule has 0 saturated carbocycles. The first-order valence-corrected chi connectivity index (χ1v) is 8.68. The lowest BCUT2D eigenvalue weighted by atomic mass is 10.1. The topological polar surface area (TPSA) is 56.3 Å². The van der Waals surface area contributed by atoms with Crippen LogP contribution in [0.4, 0.5) is 0 Å². The van der Waals surface area contributed by atoms with Gasteiger partial charge in [0.05, 0.1) is 11.8 Å². The molecule has 0 unspecified atom stereocenters. The molecule has 0 aliphatic carbocycles. The molecule has 4 nitrogen and oxygen atoms in total. The van der Waals surface area contributed by atoms with Crippen molar-refractivity contribution in [2.45, 2.75) is 31.6 Å². The molecule has 0 N–H and O–H groups in total. The molecule has 6 heteroatoms. The zero-order valence-electron chi connectivity index (χ0n) is 12.2. The Bertz CT molecular complexity index is 657. The van der Waals surface area contributed by atoms with Crippen LogP contribution in [0.5, 0.6) is 0 Å². The lowest BCUT2D eigenvalue weighted by Crippen LogP contribution is -2.28. The van der Waals surface area contributed by atoms with E-state index in [9.17, 15) is 8.42 Å². The number of sulfone groups is 1. The predicted octanol–water partition coefficient (Wildman–Crippen LogP) is 2.73. The van der Waals surface area contributed by atoms with Gasteiger partial charge in [0.15, 0.2) is 9.84 Å². The maximum Gasteiger partial charge on any atom is 0.163 e.